The van der Waals surface area contributed by atoms with Crippen molar-refractivity contribution in [3.8, 4) is 0 Å². The molecule has 120 valence electrons. The van der Waals surface area contributed by atoms with Gasteiger partial charge in [-0.15, -0.1) is 0 Å². The van der Waals surface area contributed by atoms with Crippen LogP contribution in [0.1, 0.15) is 89.9 Å². The Balaban J connectivity index is 1.28. The average molecular weight is 401 g/mol. The summed E-state index contributed by atoms with van der Waals surface area (Å²) in [4.78, 5) is 0. The first-order valence-corrected chi connectivity index (χ1v) is 12.5. The molecule has 4 aliphatic rings. The molecule has 0 aliphatic heterocycles. The Morgan fingerprint density at radius 3 is 1.33 bits per heavy atom. The molecule has 0 bridgehead atoms. The van der Waals surface area contributed by atoms with Crippen LogP contribution < -0.4 is 21.2 Å². The zero-order valence-corrected chi connectivity index (χ0v) is 15.9. The van der Waals surface area contributed by atoms with E-state index in [-0.39, 0.29) is 0 Å². The Labute approximate surface area is 142 Å². The standard InChI is InChI=1S/C20H34I/c1-3-7-17-13-19(11-9-15(17)5-1)21-20-12-10-16-6-2-4-8-18(16)14-20/h15-20H,1-14H2/q+1. The van der Waals surface area contributed by atoms with Gasteiger partial charge in [0.15, 0.2) is 7.85 Å². The van der Waals surface area contributed by atoms with Crippen molar-refractivity contribution in [1.82, 2.24) is 0 Å². The van der Waals surface area contributed by atoms with E-state index in [2.05, 4.69) is 0 Å². The van der Waals surface area contributed by atoms with Crippen molar-refractivity contribution in [2.24, 2.45) is 23.7 Å². The van der Waals surface area contributed by atoms with Crippen molar-refractivity contribution in [2.75, 3.05) is 0 Å². The summed E-state index contributed by atoms with van der Waals surface area (Å²) in [6, 6.07) is 0. The summed E-state index contributed by atoms with van der Waals surface area (Å²) in [5, 5.41) is 0. The van der Waals surface area contributed by atoms with Crippen LogP contribution in [0.15, 0.2) is 0 Å². The van der Waals surface area contributed by atoms with E-state index in [4.69, 9.17) is 0 Å². The zero-order chi connectivity index (χ0) is 14.1. The highest BCUT2D eigenvalue weighted by molar-refractivity contribution is 4.85. The Bertz CT molecular complexity index is 307. The Hall–Kier alpha value is 0.730. The molecule has 6 unspecified atom stereocenters. The van der Waals surface area contributed by atoms with E-state index in [9.17, 15) is 0 Å². The molecule has 0 amide bonds. The molecule has 0 aromatic heterocycles. The third-order valence-electron chi connectivity index (χ3n) is 7.31. The normalized spacial score (nSPS) is 47.4. The molecule has 1 heteroatoms. The fourth-order valence-electron chi connectivity index (χ4n) is 6.11. The van der Waals surface area contributed by atoms with Crippen LogP contribution in [0.2, 0.25) is 0 Å². The van der Waals surface area contributed by atoms with Crippen LogP contribution in [-0.4, -0.2) is 7.85 Å². The summed E-state index contributed by atoms with van der Waals surface area (Å²) < 4.78 is 2.46. The second-order valence-electron chi connectivity index (χ2n) is 8.56. The lowest BCUT2D eigenvalue weighted by Gasteiger charge is -2.38. The molecule has 4 fully saturated rings. The van der Waals surface area contributed by atoms with E-state index in [0.717, 1.165) is 11.8 Å². The first-order valence-electron chi connectivity index (χ1n) is 10.0. The van der Waals surface area contributed by atoms with Gasteiger partial charge in [0.1, 0.15) is 0 Å². The minimum Gasteiger partial charge on any atom is -0.0530 e. The van der Waals surface area contributed by atoms with Crippen LogP contribution in [0.3, 0.4) is 0 Å². The lowest BCUT2D eigenvalue weighted by Crippen LogP contribution is -3.68. The maximum Gasteiger partial charge on any atom is 0.275 e. The number of rotatable bonds is 2. The summed E-state index contributed by atoms with van der Waals surface area (Å²) in [6.07, 6.45) is 22.4. The Morgan fingerprint density at radius 1 is 0.429 bits per heavy atom. The van der Waals surface area contributed by atoms with Crippen LogP contribution in [0.5, 0.6) is 0 Å². The van der Waals surface area contributed by atoms with Gasteiger partial charge in [-0.1, -0.05) is 51.4 Å². The number of alkyl halides is 2. The molecule has 0 N–H and O–H groups in total. The quantitative estimate of drug-likeness (QED) is 0.493. The van der Waals surface area contributed by atoms with Crippen molar-refractivity contribution >= 4 is 0 Å². The van der Waals surface area contributed by atoms with Gasteiger partial charge in [-0.2, -0.15) is 0 Å². The molecule has 0 spiro atoms. The van der Waals surface area contributed by atoms with Gasteiger partial charge in [-0.05, 0) is 62.2 Å². The van der Waals surface area contributed by atoms with Crippen molar-refractivity contribution in [3.05, 3.63) is 0 Å². The first-order chi connectivity index (χ1) is 10.4. The summed E-state index contributed by atoms with van der Waals surface area (Å²) in [7, 11) is 0. The van der Waals surface area contributed by atoms with E-state index in [1.54, 1.807) is 89.9 Å². The van der Waals surface area contributed by atoms with Crippen molar-refractivity contribution in [2.45, 2.75) is 97.7 Å². The van der Waals surface area contributed by atoms with Crippen LogP contribution in [0, 0.1) is 23.7 Å². The second-order valence-corrected chi connectivity index (χ2v) is 12.8. The number of hydrogen-bond acceptors (Lipinski definition) is 0. The third-order valence-corrected chi connectivity index (χ3v) is 11.6. The molecule has 6 atom stereocenters. The van der Waals surface area contributed by atoms with Crippen molar-refractivity contribution in [1.29, 1.82) is 0 Å². The zero-order valence-electron chi connectivity index (χ0n) is 13.7. The molecular formula is C20H34I+. The average Bonchev–Trinajstić information content (AvgIpc) is 2.55. The van der Waals surface area contributed by atoms with E-state index in [0.29, 0.717) is 21.2 Å². The Kier molecular flexibility index (Phi) is 5.16. The van der Waals surface area contributed by atoms with Crippen LogP contribution in [-0.2, 0) is 0 Å². The molecule has 0 aromatic carbocycles. The molecule has 0 heterocycles. The fraction of sp³-hybridized carbons (Fsp3) is 1.00. The van der Waals surface area contributed by atoms with Gasteiger partial charge >= 0.3 is 0 Å². The van der Waals surface area contributed by atoms with Crippen LogP contribution >= 0.6 is 0 Å². The van der Waals surface area contributed by atoms with Crippen LogP contribution in [0.4, 0.5) is 0 Å². The van der Waals surface area contributed by atoms with Gasteiger partial charge in [0, 0.05) is 0 Å². The number of fused-ring (bicyclic) bond motifs is 2. The van der Waals surface area contributed by atoms with E-state index in [1.165, 1.54) is 19.7 Å². The maximum absolute atomic E-state index is 1.67. The number of hydrogen-bond donors (Lipinski definition) is 0. The molecule has 4 aliphatic carbocycles. The molecule has 4 saturated carbocycles. The number of halogens is 1. The monoisotopic (exact) mass is 401 g/mol. The summed E-state index contributed by atoms with van der Waals surface area (Å²) in [6.45, 7) is 0. The van der Waals surface area contributed by atoms with Gasteiger partial charge in [-0.3, -0.25) is 0 Å². The molecule has 0 radical (unpaired) electrons. The molecule has 0 aromatic rings. The summed E-state index contributed by atoms with van der Waals surface area (Å²) >= 11 is 0.515. The second kappa shape index (κ2) is 7.09. The highest BCUT2D eigenvalue weighted by Crippen LogP contribution is 2.41. The lowest BCUT2D eigenvalue weighted by atomic mass is 9.71. The molecule has 0 saturated heterocycles. The fourth-order valence-corrected chi connectivity index (χ4v) is 10.9. The SMILES string of the molecule is C1CCC2CC([I+]C3CCC4CCCCC4C3)CCC2C1. The molecule has 0 nitrogen and oxygen atoms in total. The molecule has 4 rings (SSSR count). The predicted molar refractivity (Wildman–Crippen MR) is 86.2 cm³/mol. The highest BCUT2D eigenvalue weighted by atomic mass is 127. The molecule has 21 heavy (non-hydrogen) atoms. The van der Waals surface area contributed by atoms with E-state index < -0.39 is 0 Å². The largest absolute Gasteiger partial charge is 0.275 e. The van der Waals surface area contributed by atoms with E-state index >= 15 is 0 Å². The molecular weight excluding hydrogens is 367 g/mol. The van der Waals surface area contributed by atoms with Gasteiger partial charge in [0.05, 0.1) is 0 Å². The maximum atomic E-state index is 1.67. The van der Waals surface area contributed by atoms with Gasteiger partial charge in [-0.25, -0.2) is 0 Å². The smallest absolute Gasteiger partial charge is 0.0530 e. The predicted octanol–water partition coefficient (Wildman–Crippen LogP) is 2.79. The minimum absolute atomic E-state index is 0.515. The minimum atomic E-state index is 0.515. The van der Waals surface area contributed by atoms with Crippen molar-refractivity contribution < 1.29 is 21.2 Å². The summed E-state index contributed by atoms with van der Waals surface area (Å²) in [5.74, 6) is 4.66. The van der Waals surface area contributed by atoms with Crippen LogP contribution in [0.25, 0.3) is 0 Å². The summed E-state index contributed by atoms with van der Waals surface area (Å²) in [5.41, 5.74) is 0. The van der Waals surface area contributed by atoms with E-state index in [1.807, 2.05) is 0 Å². The third kappa shape index (κ3) is 3.63. The topological polar surface area (TPSA) is 0 Å². The van der Waals surface area contributed by atoms with Crippen molar-refractivity contribution in [3.63, 3.8) is 0 Å². The van der Waals surface area contributed by atoms with Gasteiger partial charge in [0.25, 0.3) is 21.2 Å². The highest BCUT2D eigenvalue weighted by Gasteiger charge is 2.43. The lowest BCUT2D eigenvalue weighted by molar-refractivity contribution is -0.728. The van der Waals surface area contributed by atoms with Gasteiger partial charge in [0.2, 0.25) is 0 Å². The Morgan fingerprint density at radius 2 is 0.857 bits per heavy atom. The first kappa shape index (κ1) is 15.3. The van der Waals surface area contributed by atoms with Gasteiger partial charge < -0.3 is 0 Å².